The van der Waals surface area contributed by atoms with E-state index < -0.39 is 16.0 Å². The summed E-state index contributed by atoms with van der Waals surface area (Å²) in [4.78, 5) is 0. The lowest BCUT2D eigenvalue weighted by molar-refractivity contribution is 0.449. The Balaban J connectivity index is 3.06. The summed E-state index contributed by atoms with van der Waals surface area (Å²) in [5, 5.41) is 0. The SMILES string of the molecule is CCN(CC)S(=O)(=O)Nc1c(N)cccc1F. The van der Waals surface area contributed by atoms with Crippen molar-refractivity contribution in [1.29, 1.82) is 0 Å². The van der Waals surface area contributed by atoms with E-state index in [4.69, 9.17) is 5.73 Å². The molecule has 0 aliphatic heterocycles. The van der Waals surface area contributed by atoms with Gasteiger partial charge in [0.1, 0.15) is 11.5 Å². The van der Waals surface area contributed by atoms with Gasteiger partial charge in [-0.25, -0.2) is 4.39 Å². The first kappa shape index (κ1) is 13.7. The summed E-state index contributed by atoms with van der Waals surface area (Å²) in [5.74, 6) is -0.694. The van der Waals surface area contributed by atoms with Gasteiger partial charge in [0.15, 0.2) is 0 Å². The van der Waals surface area contributed by atoms with Crippen LogP contribution in [-0.4, -0.2) is 25.8 Å². The molecule has 0 spiro atoms. The van der Waals surface area contributed by atoms with E-state index >= 15 is 0 Å². The molecule has 0 saturated heterocycles. The molecule has 0 aromatic heterocycles. The summed E-state index contributed by atoms with van der Waals surface area (Å²) in [6, 6.07) is 4.00. The number of hydrogen-bond acceptors (Lipinski definition) is 3. The Morgan fingerprint density at radius 3 is 2.41 bits per heavy atom. The summed E-state index contributed by atoms with van der Waals surface area (Å²) in [6.45, 7) is 4.02. The molecule has 0 amide bonds. The van der Waals surface area contributed by atoms with E-state index in [2.05, 4.69) is 4.72 Å². The van der Waals surface area contributed by atoms with Gasteiger partial charge in [-0.2, -0.15) is 12.7 Å². The molecule has 1 aromatic rings. The fraction of sp³-hybridized carbons (Fsp3) is 0.400. The molecule has 0 heterocycles. The lowest BCUT2D eigenvalue weighted by atomic mass is 10.3. The molecule has 5 nitrogen and oxygen atoms in total. The quantitative estimate of drug-likeness (QED) is 0.787. The molecular formula is C10H16FN3O2S. The highest BCUT2D eigenvalue weighted by molar-refractivity contribution is 7.90. The van der Waals surface area contributed by atoms with Crippen LogP contribution < -0.4 is 10.5 Å². The van der Waals surface area contributed by atoms with Crippen molar-refractivity contribution in [3.63, 3.8) is 0 Å². The molecule has 0 aliphatic carbocycles. The third-order valence-electron chi connectivity index (χ3n) is 2.32. The average molecular weight is 261 g/mol. The van der Waals surface area contributed by atoms with E-state index in [1.165, 1.54) is 16.4 Å². The lowest BCUT2D eigenvalue weighted by Crippen LogP contribution is -2.35. The number of halogens is 1. The van der Waals surface area contributed by atoms with Gasteiger partial charge in [-0.3, -0.25) is 4.72 Å². The molecule has 0 fully saturated rings. The van der Waals surface area contributed by atoms with E-state index in [-0.39, 0.29) is 11.4 Å². The Hall–Kier alpha value is -1.34. The smallest absolute Gasteiger partial charge is 0.301 e. The average Bonchev–Trinajstić information content (AvgIpc) is 2.25. The molecule has 1 aromatic carbocycles. The van der Waals surface area contributed by atoms with Crippen LogP contribution in [-0.2, 0) is 10.2 Å². The van der Waals surface area contributed by atoms with Crippen LogP contribution in [0, 0.1) is 5.82 Å². The van der Waals surface area contributed by atoms with Gasteiger partial charge in [0.2, 0.25) is 0 Å². The predicted molar refractivity (Wildman–Crippen MR) is 66.3 cm³/mol. The maximum atomic E-state index is 13.4. The van der Waals surface area contributed by atoms with Gasteiger partial charge in [0.05, 0.1) is 5.69 Å². The molecule has 0 unspecified atom stereocenters. The lowest BCUT2D eigenvalue weighted by Gasteiger charge is -2.20. The van der Waals surface area contributed by atoms with Crippen LogP contribution in [0.2, 0.25) is 0 Å². The Morgan fingerprint density at radius 2 is 1.94 bits per heavy atom. The van der Waals surface area contributed by atoms with Crippen LogP contribution >= 0.6 is 0 Å². The number of benzene rings is 1. The molecule has 0 atom stereocenters. The van der Waals surface area contributed by atoms with Gasteiger partial charge < -0.3 is 5.73 Å². The zero-order valence-corrected chi connectivity index (χ0v) is 10.6. The minimum absolute atomic E-state index is 0.0562. The zero-order valence-electron chi connectivity index (χ0n) is 9.77. The molecule has 0 bridgehead atoms. The molecule has 0 saturated carbocycles. The van der Waals surface area contributed by atoms with Crippen LogP contribution in [0.1, 0.15) is 13.8 Å². The Labute approximate surface area is 101 Å². The van der Waals surface area contributed by atoms with Crippen molar-refractivity contribution in [1.82, 2.24) is 4.31 Å². The fourth-order valence-corrected chi connectivity index (χ4v) is 2.69. The van der Waals surface area contributed by atoms with Crippen molar-refractivity contribution in [3.05, 3.63) is 24.0 Å². The number of anilines is 2. The summed E-state index contributed by atoms with van der Waals surface area (Å²) in [6.07, 6.45) is 0. The summed E-state index contributed by atoms with van der Waals surface area (Å²) in [7, 11) is -3.76. The zero-order chi connectivity index (χ0) is 13.1. The topological polar surface area (TPSA) is 75.4 Å². The second-order valence-electron chi connectivity index (χ2n) is 3.40. The van der Waals surface area contributed by atoms with Gasteiger partial charge in [-0.1, -0.05) is 19.9 Å². The number of nitrogen functional groups attached to an aromatic ring is 1. The standard InChI is InChI=1S/C10H16FN3O2S/c1-3-14(4-2)17(15,16)13-10-8(11)6-5-7-9(10)12/h5-7,13H,3-4,12H2,1-2H3. The third-order valence-corrected chi connectivity index (χ3v) is 3.98. The first-order valence-electron chi connectivity index (χ1n) is 5.24. The molecule has 0 radical (unpaired) electrons. The van der Waals surface area contributed by atoms with Gasteiger partial charge >= 0.3 is 10.2 Å². The van der Waals surface area contributed by atoms with Crippen LogP contribution in [0.4, 0.5) is 15.8 Å². The fourth-order valence-electron chi connectivity index (χ4n) is 1.41. The number of hydrogen-bond donors (Lipinski definition) is 2. The van der Waals surface area contributed by atoms with Crippen molar-refractivity contribution < 1.29 is 12.8 Å². The molecule has 96 valence electrons. The monoisotopic (exact) mass is 261 g/mol. The summed E-state index contributed by atoms with van der Waals surface area (Å²) < 4.78 is 40.5. The van der Waals surface area contributed by atoms with Crippen LogP contribution in [0.5, 0.6) is 0 Å². The minimum Gasteiger partial charge on any atom is -0.397 e. The number of nitrogens with zero attached hydrogens (tertiary/aromatic N) is 1. The summed E-state index contributed by atoms with van der Waals surface area (Å²) >= 11 is 0. The van der Waals surface area contributed by atoms with E-state index in [9.17, 15) is 12.8 Å². The third kappa shape index (κ3) is 3.07. The largest absolute Gasteiger partial charge is 0.397 e. The second-order valence-corrected chi connectivity index (χ2v) is 5.07. The molecule has 17 heavy (non-hydrogen) atoms. The number of para-hydroxylation sites is 1. The molecule has 3 N–H and O–H groups in total. The van der Waals surface area contributed by atoms with Gasteiger partial charge in [-0.15, -0.1) is 0 Å². The van der Waals surface area contributed by atoms with Crippen molar-refractivity contribution in [3.8, 4) is 0 Å². The van der Waals surface area contributed by atoms with Crippen molar-refractivity contribution in [2.24, 2.45) is 0 Å². The van der Waals surface area contributed by atoms with E-state index in [0.717, 1.165) is 6.07 Å². The first-order valence-corrected chi connectivity index (χ1v) is 6.68. The predicted octanol–water partition coefficient (Wildman–Crippen LogP) is 1.41. The first-order chi connectivity index (χ1) is 7.92. The number of nitrogens with one attached hydrogen (secondary N) is 1. The van der Waals surface area contributed by atoms with E-state index in [1.807, 2.05) is 0 Å². The van der Waals surface area contributed by atoms with E-state index in [1.54, 1.807) is 13.8 Å². The second kappa shape index (κ2) is 5.33. The highest BCUT2D eigenvalue weighted by Crippen LogP contribution is 2.23. The van der Waals surface area contributed by atoms with Crippen molar-refractivity contribution >= 4 is 21.6 Å². The maximum Gasteiger partial charge on any atom is 0.301 e. The maximum absolute atomic E-state index is 13.4. The molecule has 7 heteroatoms. The van der Waals surface area contributed by atoms with E-state index in [0.29, 0.717) is 13.1 Å². The Kier molecular flexibility index (Phi) is 4.30. The molecule has 0 aliphatic rings. The Bertz CT molecular complexity index is 466. The van der Waals surface area contributed by atoms with Crippen LogP contribution in [0.25, 0.3) is 0 Å². The minimum atomic E-state index is -3.76. The highest BCUT2D eigenvalue weighted by atomic mass is 32.2. The van der Waals surface area contributed by atoms with Crippen LogP contribution in [0.15, 0.2) is 18.2 Å². The van der Waals surface area contributed by atoms with Crippen LogP contribution in [0.3, 0.4) is 0 Å². The van der Waals surface area contributed by atoms with Crippen molar-refractivity contribution in [2.75, 3.05) is 23.5 Å². The Morgan fingerprint density at radius 1 is 1.35 bits per heavy atom. The van der Waals surface area contributed by atoms with Gasteiger partial charge in [0.25, 0.3) is 0 Å². The highest BCUT2D eigenvalue weighted by Gasteiger charge is 2.21. The number of nitrogens with two attached hydrogens (primary N) is 1. The summed E-state index contributed by atoms with van der Waals surface area (Å²) in [5.41, 5.74) is 5.37. The molecular weight excluding hydrogens is 245 g/mol. The number of rotatable bonds is 5. The molecule has 1 rings (SSSR count). The van der Waals surface area contributed by atoms with Gasteiger partial charge in [0, 0.05) is 13.1 Å². The van der Waals surface area contributed by atoms with Crippen molar-refractivity contribution in [2.45, 2.75) is 13.8 Å². The van der Waals surface area contributed by atoms with Gasteiger partial charge in [-0.05, 0) is 12.1 Å². The normalized spacial score (nSPS) is 11.8.